The maximum Gasteiger partial charge on any atom is 0.342 e. The number of hydrogen-bond acceptors (Lipinski definition) is 5. The third-order valence-corrected chi connectivity index (χ3v) is 5.97. The third-order valence-electron chi connectivity index (χ3n) is 5.08. The highest BCUT2D eigenvalue weighted by Crippen LogP contribution is 2.37. The van der Waals surface area contributed by atoms with Gasteiger partial charge in [0.1, 0.15) is 16.7 Å². The van der Waals surface area contributed by atoms with Crippen LogP contribution < -0.4 is 5.32 Å². The van der Waals surface area contributed by atoms with Gasteiger partial charge in [0.25, 0.3) is 5.91 Å². The van der Waals surface area contributed by atoms with E-state index in [0.29, 0.717) is 16.1 Å². The zero-order chi connectivity index (χ0) is 20.1. The molecule has 0 bridgehead atoms. The van der Waals surface area contributed by atoms with E-state index in [1.165, 1.54) is 17.8 Å². The van der Waals surface area contributed by atoms with Crippen LogP contribution in [-0.4, -0.2) is 23.0 Å². The van der Waals surface area contributed by atoms with Crippen molar-refractivity contribution in [2.45, 2.75) is 38.2 Å². The Balaban J connectivity index is 1.64. The Morgan fingerprint density at radius 2 is 1.72 bits per heavy atom. The first-order chi connectivity index (χ1) is 14.2. The third kappa shape index (κ3) is 4.54. The summed E-state index contributed by atoms with van der Waals surface area (Å²) in [6, 6.07) is 12.7. The zero-order valence-electron chi connectivity index (χ0n) is 16.0. The summed E-state index contributed by atoms with van der Waals surface area (Å²) >= 11 is 1.33. The largest absolute Gasteiger partial charge is 0.459 e. The van der Waals surface area contributed by atoms with E-state index in [0.717, 1.165) is 36.8 Å². The van der Waals surface area contributed by atoms with Crippen molar-refractivity contribution in [3.8, 4) is 11.1 Å². The molecule has 0 atom stereocenters. The summed E-state index contributed by atoms with van der Waals surface area (Å²) in [6.45, 7) is 0. The summed E-state index contributed by atoms with van der Waals surface area (Å²) in [5, 5.41) is 5.29. The van der Waals surface area contributed by atoms with E-state index in [2.05, 4.69) is 10.3 Å². The lowest BCUT2D eigenvalue weighted by molar-refractivity contribution is 0.0214. The van der Waals surface area contributed by atoms with E-state index < -0.39 is 0 Å². The van der Waals surface area contributed by atoms with E-state index >= 15 is 0 Å². The van der Waals surface area contributed by atoms with Gasteiger partial charge in [-0.3, -0.25) is 9.78 Å². The molecule has 2 heterocycles. The van der Waals surface area contributed by atoms with Crippen molar-refractivity contribution in [3.05, 3.63) is 71.4 Å². The van der Waals surface area contributed by atoms with Crippen LogP contribution in [0.3, 0.4) is 0 Å². The molecule has 5 nitrogen and oxygen atoms in total. The average Bonchev–Trinajstić information content (AvgIpc) is 3.19. The summed E-state index contributed by atoms with van der Waals surface area (Å²) in [5.41, 5.74) is 2.57. The molecule has 6 heteroatoms. The number of amides is 1. The second kappa shape index (κ2) is 9.01. The number of carbonyl (C=O) groups excluding carboxylic acids is 2. The Morgan fingerprint density at radius 3 is 2.45 bits per heavy atom. The van der Waals surface area contributed by atoms with Crippen molar-refractivity contribution in [1.29, 1.82) is 0 Å². The molecule has 1 N–H and O–H groups in total. The Kier molecular flexibility index (Phi) is 6.00. The predicted molar refractivity (Wildman–Crippen MR) is 114 cm³/mol. The molecule has 1 aliphatic carbocycles. The van der Waals surface area contributed by atoms with Crippen molar-refractivity contribution in [3.63, 3.8) is 0 Å². The van der Waals surface area contributed by atoms with Gasteiger partial charge in [-0.2, -0.15) is 0 Å². The summed E-state index contributed by atoms with van der Waals surface area (Å²) < 4.78 is 5.83. The minimum Gasteiger partial charge on any atom is -0.459 e. The fourth-order valence-corrected chi connectivity index (χ4v) is 4.51. The number of thiophene rings is 1. The maximum atomic E-state index is 13.1. The quantitative estimate of drug-likeness (QED) is 0.564. The van der Waals surface area contributed by atoms with Crippen molar-refractivity contribution < 1.29 is 14.3 Å². The second-order valence-corrected chi connectivity index (χ2v) is 7.95. The van der Waals surface area contributed by atoms with Gasteiger partial charge in [-0.1, -0.05) is 24.6 Å². The molecule has 0 saturated heterocycles. The number of carbonyl (C=O) groups is 2. The number of rotatable bonds is 5. The Bertz CT molecular complexity index is 980. The first kappa shape index (κ1) is 19.3. The number of pyridine rings is 1. The molecule has 4 rings (SSSR count). The maximum absolute atomic E-state index is 13.1. The number of nitrogens with one attached hydrogen (secondary N) is 1. The molecule has 2 aromatic heterocycles. The minimum atomic E-state index is -0.381. The number of aromatic nitrogens is 1. The van der Waals surface area contributed by atoms with Crippen molar-refractivity contribution >= 4 is 28.2 Å². The van der Waals surface area contributed by atoms with Crippen LogP contribution >= 0.6 is 11.3 Å². The number of anilines is 1. The SMILES string of the molecule is O=C(Nc1scc(-c2ccncc2)c1C(=O)OC1CCCCC1)c1ccccc1. The van der Waals surface area contributed by atoms with Crippen LogP contribution in [0, 0.1) is 0 Å². The summed E-state index contributed by atoms with van der Waals surface area (Å²) in [4.78, 5) is 29.8. The fraction of sp³-hybridized carbons (Fsp3) is 0.261. The number of esters is 1. The smallest absolute Gasteiger partial charge is 0.342 e. The van der Waals surface area contributed by atoms with Crippen LogP contribution in [0.5, 0.6) is 0 Å². The number of nitrogens with zero attached hydrogens (tertiary/aromatic N) is 1. The van der Waals surface area contributed by atoms with Gasteiger partial charge in [-0.25, -0.2) is 4.79 Å². The number of hydrogen-bond donors (Lipinski definition) is 1. The highest BCUT2D eigenvalue weighted by atomic mass is 32.1. The van der Waals surface area contributed by atoms with Gasteiger partial charge in [0.2, 0.25) is 0 Å². The molecule has 1 saturated carbocycles. The Labute approximate surface area is 173 Å². The van der Waals surface area contributed by atoms with E-state index in [1.807, 2.05) is 35.7 Å². The number of benzene rings is 1. The average molecular weight is 407 g/mol. The van der Waals surface area contributed by atoms with Crippen molar-refractivity contribution in [2.24, 2.45) is 0 Å². The van der Waals surface area contributed by atoms with Crippen LogP contribution in [0.1, 0.15) is 52.8 Å². The molecule has 1 aromatic carbocycles. The summed E-state index contributed by atoms with van der Waals surface area (Å²) in [6.07, 6.45) is 8.45. The molecule has 1 aliphatic rings. The van der Waals surface area contributed by atoms with Gasteiger partial charge < -0.3 is 10.1 Å². The molecule has 0 radical (unpaired) electrons. The van der Waals surface area contributed by atoms with E-state index in [-0.39, 0.29) is 18.0 Å². The van der Waals surface area contributed by atoms with Crippen molar-refractivity contribution in [1.82, 2.24) is 4.98 Å². The van der Waals surface area contributed by atoms with Crippen LogP contribution in [0.4, 0.5) is 5.00 Å². The lowest BCUT2D eigenvalue weighted by Crippen LogP contribution is -2.22. The van der Waals surface area contributed by atoms with Gasteiger partial charge >= 0.3 is 5.97 Å². The lowest BCUT2D eigenvalue weighted by Gasteiger charge is -2.22. The van der Waals surface area contributed by atoms with Crippen LogP contribution in [0.2, 0.25) is 0 Å². The monoisotopic (exact) mass is 406 g/mol. The molecule has 3 aromatic rings. The molecular weight excluding hydrogens is 384 g/mol. The first-order valence-electron chi connectivity index (χ1n) is 9.81. The van der Waals surface area contributed by atoms with Gasteiger partial charge in [0.05, 0.1) is 0 Å². The van der Waals surface area contributed by atoms with Gasteiger partial charge in [-0.15, -0.1) is 11.3 Å². The molecular formula is C23H22N2O3S. The topological polar surface area (TPSA) is 68.3 Å². The standard InChI is InChI=1S/C23H22N2O3S/c26-21(17-7-3-1-4-8-17)25-22-20(23(27)28-18-9-5-2-6-10-18)19(15-29-22)16-11-13-24-14-12-16/h1,3-4,7-8,11-15,18H,2,5-6,9-10H2,(H,25,26). The second-order valence-electron chi connectivity index (χ2n) is 7.07. The molecule has 0 unspecified atom stereocenters. The summed E-state index contributed by atoms with van der Waals surface area (Å²) in [5.74, 6) is -0.631. The Hall–Kier alpha value is -2.99. The van der Waals surface area contributed by atoms with Gasteiger partial charge in [0, 0.05) is 28.9 Å². The van der Waals surface area contributed by atoms with E-state index in [1.54, 1.807) is 24.5 Å². The molecule has 0 spiro atoms. The molecule has 29 heavy (non-hydrogen) atoms. The highest BCUT2D eigenvalue weighted by molar-refractivity contribution is 7.15. The van der Waals surface area contributed by atoms with E-state index in [9.17, 15) is 9.59 Å². The molecule has 1 amide bonds. The predicted octanol–water partition coefficient (Wildman–Crippen LogP) is 5.55. The van der Waals surface area contributed by atoms with Gasteiger partial charge in [-0.05, 0) is 55.5 Å². The molecule has 148 valence electrons. The first-order valence-corrected chi connectivity index (χ1v) is 10.7. The minimum absolute atomic E-state index is 0.0564. The van der Waals surface area contributed by atoms with Crippen LogP contribution in [-0.2, 0) is 4.74 Å². The normalized spacial score (nSPS) is 14.3. The van der Waals surface area contributed by atoms with Crippen molar-refractivity contribution in [2.75, 3.05) is 5.32 Å². The van der Waals surface area contributed by atoms with Crippen LogP contribution in [0.15, 0.2) is 60.2 Å². The summed E-state index contributed by atoms with van der Waals surface area (Å²) in [7, 11) is 0. The fourth-order valence-electron chi connectivity index (χ4n) is 3.55. The Morgan fingerprint density at radius 1 is 1.00 bits per heavy atom. The van der Waals surface area contributed by atoms with Gasteiger partial charge in [0.15, 0.2) is 0 Å². The zero-order valence-corrected chi connectivity index (χ0v) is 16.8. The highest BCUT2D eigenvalue weighted by Gasteiger charge is 2.26. The molecule has 1 fully saturated rings. The number of ether oxygens (including phenoxy) is 1. The molecule has 0 aliphatic heterocycles. The van der Waals surface area contributed by atoms with E-state index in [4.69, 9.17) is 4.74 Å². The lowest BCUT2D eigenvalue weighted by atomic mass is 9.97. The van der Waals surface area contributed by atoms with Crippen LogP contribution in [0.25, 0.3) is 11.1 Å².